The Balaban J connectivity index is 2.05. The normalized spacial score (nSPS) is 25.3. The Hall–Kier alpha value is -1.24. The lowest BCUT2D eigenvalue weighted by atomic mass is 9.78. The summed E-state index contributed by atoms with van der Waals surface area (Å²) in [6, 6.07) is 6.72. The Labute approximate surface area is 110 Å². The molecule has 0 saturated heterocycles. The third-order valence-corrected chi connectivity index (χ3v) is 4.65. The Bertz CT molecular complexity index is 466. The van der Waals surface area contributed by atoms with Crippen LogP contribution in [-0.2, 0) is 0 Å². The Kier molecular flexibility index (Phi) is 2.93. The predicted octanol–water partition coefficient (Wildman–Crippen LogP) is 4.95. The van der Waals surface area contributed by atoms with Crippen LogP contribution in [0, 0.1) is 0 Å². The second kappa shape index (κ2) is 4.46. The van der Waals surface area contributed by atoms with Crippen molar-refractivity contribution in [1.82, 2.24) is 0 Å². The van der Waals surface area contributed by atoms with Crippen LogP contribution in [0.25, 0.3) is 6.08 Å². The molecular weight excluding hydrogens is 218 g/mol. The number of para-hydroxylation sites is 1. The van der Waals surface area contributed by atoms with Crippen molar-refractivity contribution < 1.29 is 0 Å². The first-order chi connectivity index (χ1) is 8.74. The van der Waals surface area contributed by atoms with Crippen molar-refractivity contribution in [2.24, 2.45) is 0 Å². The molecule has 1 aromatic rings. The molecule has 0 amide bonds. The Morgan fingerprint density at radius 2 is 2.06 bits per heavy atom. The molecule has 1 aliphatic heterocycles. The standard InChI is InChI=1S/C17H23N/c1-3-7-14-8-6-9-15-13(2)12-17(18-16(14)15)10-4-5-11-17/h3,6-9,13,18H,4-5,10-12H2,1-2H3/b7-3+. The largest absolute Gasteiger partial charge is 0.379 e. The lowest BCUT2D eigenvalue weighted by Gasteiger charge is -2.41. The average molecular weight is 241 g/mol. The summed E-state index contributed by atoms with van der Waals surface area (Å²) >= 11 is 0. The third kappa shape index (κ3) is 1.86. The summed E-state index contributed by atoms with van der Waals surface area (Å²) in [4.78, 5) is 0. The molecule has 1 aromatic carbocycles. The van der Waals surface area contributed by atoms with E-state index in [9.17, 15) is 0 Å². The van der Waals surface area contributed by atoms with Crippen LogP contribution in [0.5, 0.6) is 0 Å². The summed E-state index contributed by atoms with van der Waals surface area (Å²) in [6.45, 7) is 4.48. The lowest BCUT2D eigenvalue weighted by Crippen LogP contribution is -2.40. The topological polar surface area (TPSA) is 12.0 Å². The van der Waals surface area contributed by atoms with Crippen molar-refractivity contribution >= 4 is 11.8 Å². The Morgan fingerprint density at radius 1 is 1.28 bits per heavy atom. The number of nitrogens with one attached hydrogen (secondary N) is 1. The van der Waals surface area contributed by atoms with E-state index in [0.29, 0.717) is 11.5 Å². The van der Waals surface area contributed by atoms with Crippen LogP contribution < -0.4 is 5.32 Å². The first kappa shape index (κ1) is 11.8. The smallest absolute Gasteiger partial charge is 0.0453 e. The second-order valence-electron chi connectivity index (χ2n) is 6.03. The van der Waals surface area contributed by atoms with Gasteiger partial charge in [-0.1, -0.05) is 50.1 Å². The number of hydrogen-bond donors (Lipinski definition) is 1. The van der Waals surface area contributed by atoms with Crippen LogP contribution >= 0.6 is 0 Å². The summed E-state index contributed by atoms with van der Waals surface area (Å²) < 4.78 is 0. The number of fused-ring (bicyclic) bond motifs is 1. The summed E-state index contributed by atoms with van der Waals surface area (Å²) in [5.41, 5.74) is 4.65. The van der Waals surface area contributed by atoms with Gasteiger partial charge in [0.15, 0.2) is 0 Å². The number of anilines is 1. The van der Waals surface area contributed by atoms with Gasteiger partial charge >= 0.3 is 0 Å². The third-order valence-electron chi connectivity index (χ3n) is 4.65. The van der Waals surface area contributed by atoms with Gasteiger partial charge in [0.05, 0.1) is 0 Å². The maximum atomic E-state index is 3.90. The minimum atomic E-state index is 0.393. The number of rotatable bonds is 1. The van der Waals surface area contributed by atoms with E-state index in [1.54, 1.807) is 0 Å². The average Bonchev–Trinajstić information content (AvgIpc) is 2.79. The van der Waals surface area contributed by atoms with E-state index in [4.69, 9.17) is 0 Å². The van der Waals surface area contributed by atoms with Gasteiger partial charge in [-0.3, -0.25) is 0 Å². The zero-order valence-corrected chi connectivity index (χ0v) is 11.5. The molecule has 18 heavy (non-hydrogen) atoms. The van der Waals surface area contributed by atoms with E-state index in [1.807, 2.05) is 0 Å². The first-order valence-corrected chi connectivity index (χ1v) is 7.28. The maximum absolute atomic E-state index is 3.90. The van der Waals surface area contributed by atoms with Crippen LogP contribution in [0.4, 0.5) is 5.69 Å². The fraction of sp³-hybridized carbons (Fsp3) is 0.529. The van der Waals surface area contributed by atoms with Crippen LogP contribution in [-0.4, -0.2) is 5.54 Å². The minimum Gasteiger partial charge on any atom is -0.379 e. The van der Waals surface area contributed by atoms with Crippen molar-refractivity contribution in [2.45, 2.75) is 57.4 Å². The molecule has 1 heterocycles. The summed E-state index contributed by atoms with van der Waals surface area (Å²) in [7, 11) is 0. The molecule has 1 N–H and O–H groups in total. The maximum Gasteiger partial charge on any atom is 0.0453 e. The molecule has 1 atom stereocenters. The highest BCUT2D eigenvalue weighted by Crippen LogP contribution is 2.47. The van der Waals surface area contributed by atoms with Gasteiger partial charge < -0.3 is 5.32 Å². The summed E-state index contributed by atoms with van der Waals surface area (Å²) in [5, 5.41) is 3.90. The highest BCUT2D eigenvalue weighted by molar-refractivity contribution is 5.72. The highest BCUT2D eigenvalue weighted by atomic mass is 15.0. The second-order valence-corrected chi connectivity index (χ2v) is 6.03. The Morgan fingerprint density at radius 3 is 2.78 bits per heavy atom. The summed E-state index contributed by atoms with van der Waals surface area (Å²) in [6.07, 6.45) is 11.1. The fourth-order valence-corrected chi connectivity index (χ4v) is 3.86. The molecule has 1 unspecified atom stereocenters. The number of hydrogen-bond acceptors (Lipinski definition) is 1. The van der Waals surface area contributed by atoms with E-state index >= 15 is 0 Å². The zero-order chi connectivity index (χ0) is 12.6. The number of allylic oxidation sites excluding steroid dienone is 1. The SMILES string of the molecule is C/C=C/c1cccc2c1NC1(CCCC1)CC2C. The molecule has 96 valence electrons. The van der Waals surface area contributed by atoms with Crippen LogP contribution in [0.15, 0.2) is 24.3 Å². The van der Waals surface area contributed by atoms with Crippen LogP contribution in [0.3, 0.4) is 0 Å². The van der Waals surface area contributed by atoms with Crippen molar-refractivity contribution in [1.29, 1.82) is 0 Å². The van der Waals surface area contributed by atoms with Gasteiger partial charge in [0.2, 0.25) is 0 Å². The van der Waals surface area contributed by atoms with Crippen LogP contribution in [0.1, 0.15) is 63.0 Å². The van der Waals surface area contributed by atoms with Gasteiger partial charge in [-0.2, -0.15) is 0 Å². The molecule has 1 fully saturated rings. The van der Waals surface area contributed by atoms with Crippen molar-refractivity contribution in [2.75, 3.05) is 5.32 Å². The van der Waals surface area contributed by atoms with Crippen molar-refractivity contribution in [3.05, 3.63) is 35.4 Å². The number of benzene rings is 1. The predicted molar refractivity (Wildman–Crippen MR) is 79.0 cm³/mol. The van der Waals surface area contributed by atoms with E-state index in [0.717, 1.165) is 0 Å². The highest BCUT2D eigenvalue weighted by Gasteiger charge is 2.39. The van der Waals surface area contributed by atoms with Crippen molar-refractivity contribution in [3.63, 3.8) is 0 Å². The summed E-state index contributed by atoms with van der Waals surface area (Å²) in [5.74, 6) is 0.685. The molecule has 1 heteroatoms. The zero-order valence-electron chi connectivity index (χ0n) is 11.5. The van der Waals surface area contributed by atoms with Gasteiger partial charge in [-0.15, -0.1) is 0 Å². The van der Waals surface area contributed by atoms with E-state index in [-0.39, 0.29) is 0 Å². The van der Waals surface area contributed by atoms with Gasteiger partial charge in [-0.25, -0.2) is 0 Å². The molecule has 1 saturated carbocycles. The van der Waals surface area contributed by atoms with Gasteiger partial charge in [0.25, 0.3) is 0 Å². The molecule has 0 bridgehead atoms. The molecule has 3 rings (SSSR count). The van der Waals surface area contributed by atoms with Gasteiger partial charge in [0, 0.05) is 11.2 Å². The molecule has 0 radical (unpaired) electrons. The molecule has 2 aliphatic rings. The molecule has 0 aromatic heterocycles. The van der Waals surface area contributed by atoms with E-state index in [2.05, 4.69) is 49.5 Å². The van der Waals surface area contributed by atoms with Gasteiger partial charge in [-0.05, 0) is 43.2 Å². The van der Waals surface area contributed by atoms with E-state index < -0.39 is 0 Å². The molecule has 1 spiro atoms. The molecule has 1 nitrogen and oxygen atoms in total. The van der Waals surface area contributed by atoms with Crippen LogP contribution in [0.2, 0.25) is 0 Å². The lowest BCUT2D eigenvalue weighted by molar-refractivity contribution is 0.396. The molecule has 1 aliphatic carbocycles. The molecular formula is C17H23N. The van der Waals surface area contributed by atoms with E-state index in [1.165, 1.54) is 48.9 Å². The van der Waals surface area contributed by atoms with Gasteiger partial charge in [0.1, 0.15) is 0 Å². The quantitative estimate of drug-likeness (QED) is 0.733. The fourth-order valence-electron chi connectivity index (χ4n) is 3.86. The van der Waals surface area contributed by atoms with Crippen molar-refractivity contribution in [3.8, 4) is 0 Å². The minimum absolute atomic E-state index is 0.393. The monoisotopic (exact) mass is 241 g/mol. The first-order valence-electron chi connectivity index (χ1n) is 7.28.